The number of nitrogens with zero attached hydrogens (tertiary/aromatic N) is 1. The first kappa shape index (κ1) is 79.5. The molecule has 0 aromatic carbocycles. The number of esters is 2. The molecule has 0 amide bonds. The number of aliphatic carboxylic acids is 1. The Morgan fingerprint density at radius 1 is 0.373 bits per heavy atom. The fraction of sp³-hybridized carbons (Fsp3) is 0.770. The van der Waals surface area contributed by atoms with Crippen molar-refractivity contribution in [3.63, 3.8) is 0 Å². The Labute approximate surface area is 512 Å². The molecule has 9 heteroatoms. The molecule has 0 aromatic rings. The minimum Gasteiger partial charge on any atom is -0.477 e. The predicted molar refractivity (Wildman–Crippen MR) is 355 cm³/mol. The Balaban J connectivity index is 4.11. The SMILES string of the molecule is CC/C=C\C/C=C\C/C=C\C/C=C\C/C=C\C/C=C\C/C=C\CCCC(=O)OC(COC(=O)CCCCCCCCCCCCCCCCCCCCCCCCCCCCCCCCCCCCC)COC(OCC[N+](C)(C)C)C(=O)O. The molecule has 2 unspecified atom stereocenters. The zero-order chi connectivity index (χ0) is 60.5. The predicted octanol–water partition coefficient (Wildman–Crippen LogP) is 21.5. The van der Waals surface area contributed by atoms with Gasteiger partial charge in [-0.1, -0.05) is 317 Å². The fourth-order valence-corrected chi connectivity index (χ4v) is 9.89. The molecule has 83 heavy (non-hydrogen) atoms. The maximum absolute atomic E-state index is 12.9. The second kappa shape index (κ2) is 64.5. The number of rotatable bonds is 64. The summed E-state index contributed by atoms with van der Waals surface area (Å²) in [5.41, 5.74) is 0. The molecule has 2 atom stereocenters. The Morgan fingerprint density at radius 2 is 0.687 bits per heavy atom. The molecule has 0 radical (unpaired) electrons. The third-order valence-corrected chi connectivity index (χ3v) is 15.2. The van der Waals surface area contributed by atoms with Gasteiger partial charge in [-0.05, 0) is 64.2 Å². The Hall–Kier alpha value is -3.53. The van der Waals surface area contributed by atoms with Crippen LogP contribution in [-0.2, 0) is 33.3 Å². The van der Waals surface area contributed by atoms with Gasteiger partial charge in [0.1, 0.15) is 13.2 Å². The van der Waals surface area contributed by atoms with Crippen molar-refractivity contribution in [2.75, 3.05) is 47.5 Å². The normalized spacial score (nSPS) is 13.2. The monoisotopic (exact) mass is 1160 g/mol. The summed E-state index contributed by atoms with van der Waals surface area (Å²) in [5, 5.41) is 9.73. The van der Waals surface area contributed by atoms with Crippen LogP contribution in [0.2, 0.25) is 0 Å². The van der Waals surface area contributed by atoms with Gasteiger partial charge in [-0.3, -0.25) is 9.59 Å². The molecule has 0 rings (SSSR count). The number of hydrogen-bond donors (Lipinski definition) is 1. The molecule has 9 nitrogen and oxygen atoms in total. The van der Waals surface area contributed by atoms with E-state index in [0.717, 1.165) is 70.6 Å². The van der Waals surface area contributed by atoms with E-state index in [9.17, 15) is 19.5 Å². The molecule has 0 aromatic heterocycles. The van der Waals surface area contributed by atoms with Crippen LogP contribution in [-0.4, -0.2) is 87.4 Å². The minimum absolute atomic E-state index is 0.174. The molecule has 0 spiro atoms. The topological polar surface area (TPSA) is 108 Å². The molecule has 0 aliphatic heterocycles. The van der Waals surface area contributed by atoms with Crippen molar-refractivity contribution in [2.24, 2.45) is 0 Å². The highest BCUT2D eigenvalue weighted by Gasteiger charge is 2.25. The average molecular weight is 1160 g/mol. The molecule has 0 heterocycles. The third-order valence-electron chi connectivity index (χ3n) is 15.2. The average Bonchev–Trinajstić information content (AvgIpc) is 3.46. The minimum atomic E-state index is -1.53. The van der Waals surface area contributed by atoms with Crippen LogP contribution in [0.4, 0.5) is 0 Å². The molecular weight excluding hydrogens is 1030 g/mol. The Bertz CT molecular complexity index is 1640. The van der Waals surface area contributed by atoms with Crippen LogP contribution in [0.5, 0.6) is 0 Å². The summed E-state index contributed by atoms with van der Waals surface area (Å²) in [6.07, 6.45) is 84.4. The number of likely N-dealkylation sites (N-methyl/N-ethyl adjacent to an activating group) is 1. The van der Waals surface area contributed by atoms with Gasteiger partial charge in [0, 0.05) is 12.8 Å². The van der Waals surface area contributed by atoms with E-state index in [1.54, 1.807) is 0 Å². The van der Waals surface area contributed by atoms with Crippen molar-refractivity contribution >= 4 is 17.9 Å². The van der Waals surface area contributed by atoms with Crippen molar-refractivity contribution in [3.05, 3.63) is 85.1 Å². The number of carboxylic acid groups (broad SMARTS) is 1. The highest BCUT2D eigenvalue weighted by molar-refractivity contribution is 5.71. The number of quaternary nitrogens is 1. The first-order valence-corrected chi connectivity index (χ1v) is 34.8. The quantitative estimate of drug-likeness (QED) is 0.0211. The number of carbonyl (C=O) groups is 3. The summed E-state index contributed by atoms with van der Waals surface area (Å²) in [6.45, 7) is 4.73. The zero-order valence-corrected chi connectivity index (χ0v) is 54.8. The number of allylic oxidation sites excluding steroid dienone is 14. The second-order valence-electron chi connectivity index (χ2n) is 24.5. The summed E-state index contributed by atoms with van der Waals surface area (Å²) in [5.74, 6) is -2.08. The summed E-state index contributed by atoms with van der Waals surface area (Å²) >= 11 is 0. The molecule has 0 aliphatic rings. The summed E-state index contributed by atoms with van der Waals surface area (Å²) in [6, 6.07) is 0. The van der Waals surface area contributed by atoms with E-state index in [2.05, 4.69) is 98.9 Å². The summed E-state index contributed by atoms with van der Waals surface area (Å²) in [7, 11) is 5.96. The van der Waals surface area contributed by atoms with Crippen molar-refractivity contribution in [1.82, 2.24) is 0 Å². The number of carboxylic acids is 1. The standard InChI is InChI=1S/C74H131NO8/c1-6-8-10-12-14-16-18-20-22-24-26-28-30-31-32-33-34-35-36-37-38-39-40-41-43-44-46-48-50-52-54-56-58-60-62-64-71(76)81-68-70(69-82-74(73(78)79)80-67-66-75(3,4)5)83-72(77)65-63-61-59-57-55-53-51-49-47-45-42-29-27-25-23-21-19-17-15-13-11-9-7-2/h9,11,15,17,21,23,27,29,45,47,51,53,57,59,70,74H,6-8,10,12-14,16,18-20,22,24-26,28,30-44,46,48-50,52,54-56,58,60-69H2,1-5H3/p+1/b11-9-,17-15-,23-21-,29-27-,47-45-,53-51-,59-57-. The smallest absolute Gasteiger partial charge is 0.361 e. The van der Waals surface area contributed by atoms with Crippen molar-refractivity contribution in [2.45, 2.75) is 322 Å². The molecule has 0 saturated carbocycles. The van der Waals surface area contributed by atoms with E-state index in [4.69, 9.17) is 18.9 Å². The number of carbonyl (C=O) groups excluding carboxylic acids is 2. The molecule has 1 N–H and O–H groups in total. The van der Waals surface area contributed by atoms with Crippen LogP contribution < -0.4 is 0 Å². The van der Waals surface area contributed by atoms with Gasteiger partial charge >= 0.3 is 17.9 Å². The fourth-order valence-electron chi connectivity index (χ4n) is 9.89. The van der Waals surface area contributed by atoms with Crippen molar-refractivity contribution in [3.8, 4) is 0 Å². The van der Waals surface area contributed by atoms with Gasteiger partial charge < -0.3 is 28.5 Å². The first-order valence-electron chi connectivity index (χ1n) is 34.8. The lowest BCUT2D eigenvalue weighted by Gasteiger charge is -2.25. The van der Waals surface area contributed by atoms with E-state index in [1.165, 1.54) is 205 Å². The maximum Gasteiger partial charge on any atom is 0.361 e. The van der Waals surface area contributed by atoms with Gasteiger partial charge in [-0.25, -0.2) is 4.79 Å². The number of hydrogen-bond acceptors (Lipinski definition) is 7. The van der Waals surface area contributed by atoms with E-state index >= 15 is 0 Å². The molecule has 0 bridgehead atoms. The zero-order valence-electron chi connectivity index (χ0n) is 54.8. The highest BCUT2D eigenvalue weighted by atomic mass is 16.7. The Kier molecular flexibility index (Phi) is 61.7. The van der Waals surface area contributed by atoms with E-state index in [-0.39, 0.29) is 38.6 Å². The van der Waals surface area contributed by atoms with E-state index in [0.29, 0.717) is 17.4 Å². The molecule has 0 aliphatic carbocycles. The summed E-state index contributed by atoms with van der Waals surface area (Å²) < 4.78 is 22.9. The highest BCUT2D eigenvalue weighted by Crippen LogP contribution is 2.18. The second-order valence-corrected chi connectivity index (χ2v) is 24.5. The molecule has 480 valence electrons. The van der Waals surface area contributed by atoms with Gasteiger partial charge in [0.25, 0.3) is 6.29 Å². The molecule has 0 fully saturated rings. The van der Waals surface area contributed by atoms with Crippen LogP contribution in [0, 0.1) is 0 Å². The lowest BCUT2D eigenvalue weighted by atomic mass is 10.0. The lowest BCUT2D eigenvalue weighted by molar-refractivity contribution is -0.870. The van der Waals surface area contributed by atoms with Crippen LogP contribution >= 0.6 is 0 Å². The van der Waals surface area contributed by atoms with Gasteiger partial charge in [-0.15, -0.1) is 0 Å². The Morgan fingerprint density at radius 3 is 1.01 bits per heavy atom. The summed E-state index contributed by atoms with van der Waals surface area (Å²) in [4.78, 5) is 37.5. The number of unbranched alkanes of at least 4 members (excludes halogenated alkanes) is 35. The molecular formula is C74H132NO8+. The van der Waals surface area contributed by atoms with Gasteiger partial charge in [-0.2, -0.15) is 0 Å². The number of ether oxygens (including phenoxy) is 4. The van der Waals surface area contributed by atoms with E-state index < -0.39 is 24.3 Å². The van der Waals surface area contributed by atoms with E-state index in [1.807, 2.05) is 21.1 Å². The van der Waals surface area contributed by atoms with Crippen molar-refractivity contribution < 1.29 is 42.9 Å². The first-order chi connectivity index (χ1) is 40.6. The third kappa shape index (κ3) is 65.9. The van der Waals surface area contributed by atoms with Crippen LogP contribution in [0.3, 0.4) is 0 Å². The van der Waals surface area contributed by atoms with Gasteiger partial charge in [0.05, 0.1) is 34.4 Å². The van der Waals surface area contributed by atoms with Crippen molar-refractivity contribution in [1.29, 1.82) is 0 Å². The van der Waals surface area contributed by atoms with Gasteiger partial charge in [0.2, 0.25) is 0 Å². The maximum atomic E-state index is 12.9. The van der Waals surface area contributed by atoms with Gasteiger partial charge in [0.15, 0.2) is 6.10 Å². The van der Waals surface area contributed by atoms with Crippen LogP contribution in [0.1, 0.15) is 309 Å². The largest absolute Gasteiger partial charge is 0.477 e. The van der Waals surface area contributed by atoms with Crippen LogP contribution in [0.15, 0.2) is 85.1 Å². The van der Waals surface area contributed by atoms with Crippen LogP contribution in [0.25, 0.3) is 0 Å². The molecule has 0 saturated heterocycles. The lowest BCUT2D eigenvalue weighted by Crippen LogP contribution is -2.40.